The van der Waals surface area contributed by atoms with Crippen LogP contribution in [0.3, 0.4) is 0 Å². The summed E-state index contributed by atoms with van der Waals surface area (Å²) >= 11 is 3.18. The number of carbonyl (C=O) groups excluding carboxylic acids is 1. The maximum absolute atomic E-state index is 12.5. The Balaban J connectivity index is 2.42. The molecule has 0 radical (unpaired) electrons. The van der Waals surface area contributed by atoms with Crippen molar-refractivity contribution in [3.8, 4) is 0 Å². The molecule has 1 aromatic carbocycles. The third-order valence-electron chi connectivity index (χ3n) is 2.89. The second-order valence-corrected chi connectivity index (χ2v) is 5.35. The van der Waals surface area contributed by atoms with Crippen molar-refractivity contribution >= 4 is 38.4 Å². The van der Waals surface area contributed by atoms with Crippen LogP contribution in [0.1, 0.15) is 0 Å². The summed E-state index contributed by atoms with van der Waals surface area (Å²) in [6.45, 7) is 0. The van der Waals surface area contributed by atoms with Crippen LogP contribution >= 0.6 is 15.9 Å². The number of benzene rings is 1. The van der Waals surface area contributed by atoms with Crippen LogP contribution in [0.2, 0.25) is 0 Å². The van der Waals surface area contributed by atoms with Gasteiger partial charge in [0.1, 0.15) is 0 Å². The van der Waals surface area contributed by atoms with Crippen molar-refractivity contribution in [2.45, 2.75) is 12.4 Å². The number of hydrogen-bond acceptors (Lipinski definition) is 2. The van der Waals surface area contributed by atoms with E-state index in [2.05, 4.69) is 20.9 Å². The molecule has 1 aromatic heterocycles. The van der Waals surface area contributed by atoms with Gasteiger partial charge >= 0.3 is 12.4 Å². The van der Waals surface area contributed by atoms with E-state index >= 15 is 0 Å². The molecule has 0 bridgehead atoms. The van der Waals surface area contributed by atoms with Crippen molar-refractivity contribution in [2.75, 3.05) is 5.32 Å². The van der Waals surface area contributed by atoms with E-state index in [0.717, 1.165) is 0 Å². The fourth-order valence-electron chi connectivity index (χ4n) is 1.93. The summed E-state index contributed by atoms with van der Waals surface area (Å²) in [4.78, 5) is 15.4. The zero-order valence-corrected chi connectivity index (χ0v) is 12.6. The smallest absolute Gasteiger partial charge is 0.323 e. The number of fused-ring (bicyclic) bond motifs is 1. The van der Waals surface area contributed by atoms with E-state index in [-0.39, 0.29) is 11.2 Å². The van der Waals surface area contributed by atoms with Crippen molar-refractivity contribution in [3.05, 3.63) is 34.9 Å². The summed E-state index contributed by atoms with van der Waals surface area (Å²) in [5, 5.41) is 2.09. The molecule has 0 spiro atoms. The molecule has 2 aromatic rings. The fourth-order valence-corrected chi connectivity index (χ4v) is 2.38. The molecule has 23 heavy (non-hydrogen) atoms. The molecule has 0 atom stereocenters. The highest BCUT2D eigenvalue weighted by Crippen LogP contribution is 2.40. The Kier molecular flexibility index (Phi) is 4.56. The highest BCUT2D eigenvalue weighted by Gasteiger charge is 2.61. The number of nitrogens with one attached hydrogen (secondary N) is 1. The molecule has 0 aliphatic carbocycles. The molecule has 1 heterocycles. The SMILES string of the molecule is O=C(Nc1ccc(Br)c2cccnc12)C(C(F)(F)F)C(F)(F)F. The maximum atomic E-state index is 12.5. The minimum Gasteiger partial charge on any atom is -0.323 e. The third kappa shape index (κ3) is 3.74. The fraction of sp³-hybridized carbons (Fsp3) is 0.231. The van der Waals surface area contributed by atoms with Crippen LogP contribution in [-0.2, 0) is 4.79 Å². The summed E-state index contributed by atoms with van der Waals surface area (Å²) in [5.74, 6) is -6.32. The van der Waals surface area contributed by atoms with E-state index in [0.29, 0.717) is 9.86 Å². The predicted molar refractivity (Wildman–Crippen MR) is 73.7 cm³/mol. The van der Waals surface area contributed by atoms with Gasteiger partial charge in [0.25, 0.3) is 0 Å². The molecule has 3 nitrogen and oxygen atoms in total. The quantitative estimate of drug-likeness (QED) is 0.743. The van der Waals surface area contributed by atoms with E-state index in [9.17, 15) is 31.1 Å². The molecule has 0 saturated heterocycles. The van der Waals surface area contributed by atoms with Crippen molar-refractivity contribution in [3.63, 3.8) is 0 Å². The van der Waals surface area contributed by atoms with Gasteiger partial charge in [-0.05, 0) is 18.2 Å². The van der Waals surface area contributed by atoms with Crippen LogP contribution in [0.15, 0.2) is 34.9 Å². The number of anilines is 1. The Morgan fingerprint density at radius 2 is 1.70 bits per heavy atom. The van der Waals surface area contributed by atoms with Crippen LogP contribution < -0.4 is 5.32 Å². The lowest BCUT2D eigenvalue weighted by atomic mass is 10.1. The molecule has 0 aliphatic rings. The Morgan fingerprint density at radius 1 is 1.09 bits per heavy atom. The molecular weight excluding hydrogens is 394 g/mol. The van der Waals surface area contributed by atoms with Gasteiger partial charge < -0.3 is 5.32 Å². The largest absolute Gasteiger partial charge is 0.409 e. The summed E-state index contributed by atoms with van der Waals surface area (Å²) in [7, 11) is 0. The summed E-state index contributed by atoms with van der Waals surface area (Å²) in [6.07, 6.45) is -10.2. The minimum absolute atomic E-state index is 0.0679. The second-order valence-electron chi connectivity index (χ2n) is 4.50. The van der Waals surface area contributed by atoms with Gasteiger partial charge in [0.05, 0.1) is 11.2 Å². The van der Waals surface area contributed by atoms with Gasteiger partial charge in [-0.25, -0.2) is 0 Å². The Labute approximate surface area is 133 Å². The van der Waals surface area contributed by atoms with Gasteiger partial charge in [0.2, 0.25) is 11.8 Å². The topological polar surface area (TPSA) is 42.0 Å². The Hall–Kier alpha value is -1.84. The van der Waals surface area contributed by atoms with Gasteiger partial charge in [-0.1, -0.05) is 22.0 Å². The van der Waals surface area contributed by atoms with Crippen molar-refractivity contribution < 1.29 is 31.1 Å². The number of hydrogen-bond donors (Lipinski definition) is 1. The number of halogens is 7. The molecule has 2 rings (SSSR count). The number of amides is 1. The molecule has 0 aliphatic heterocycles. The minimum atomic E-state index is -5.75. The van der Waals surface area contributed by atoms with Crippen molar-refractivity contribution in [1.29, 1.82) is 0 Å². The van der Waals surface area contributed by atoms with Crippen LogP contribution in [0.5, 0.6) is 0 Å². The van der Waals surface area contributed by atoms with E-state index in [4.69, 9.17) is 0 Å². The number of nitrogens with zero attached hydrogens (tertiary/aromatic N) is 1. The Morgan fingerprint density at radius 3 is 2.26 bits per heavy atom. The van der Waals surface area contributed by atoms with Crippen LogP contribution in [0.25, 0.3) is 10.9 Å². The monoisotopic (exact) mass is 400 g/mol. The molecule has 1 amide bonds. The molecular formula is C13H7BrF6N2O. The first kappa shape index (κ1) is 17.5. The molecule has 0 unspecified atom stereocenters. The zero-order chi connectivity index (χ0) is 17.4. The highest BCUT2D eigenvalue weighted by molar-refractivity contribution is 9.10. The first-order chi connectivity index (χ1) is 10.5. The second kappa shape index (κ2) is 5.99. The summed E-state index contributed by atoms with van der Waals surface area (Å²) in [5.41, 5.74) is -0.175. The zero-order valence-electron chi connectivity index (χ0n) is 11.0. The highest BCUT2D eigenvalue weighted by atomic mass is 79.9. The van der Waals surface area contributed by atoms with Crippen LogP contribution in [-0.4, -0.2) is 23.2 Å². The normalized spacial score (nSPS) is 12.7. The van der Waals surface area contributed by atoms with Crippen LogP contribution in [0, 0.1) is 5.92 Å². The van der Waals surface area contributed by atoms with Gasteiger partial charge in [-0.3, -0.25) is 9.78 Å². The number of alkyl halides is 6. The lowest BCUT2D eigenvalue weighted by Gasteiger charge is -2.22. The van der Waals surface area contributed by atoms with E-state index in [1.165, 1.54) is 24.4 Å². The molecule has 0 saturated carbocycles. The van der Waals surface area contributed by atoms with E-state index in [1.54, 1.807) is 11.4 Å². The Bertz CT molecular complexity index is 729. The van der Waals surface area contributed by atoms with Gasteiger partial charge in [0, 0.05) is 16.1 Å². The summed E-state index contributed by atoms with van der Waals surface area (Å²) in [6, 6.07) is 5.64. The lowest BCUT2D eigenvalue weighted by Crippen LogP contribution is -2.45. The van der Waals surface area contributed by atoms with Gasteiger partial charge in [-0.2, -0.15) is 26.3 Å². The average molecular weight is 401 g/mol. The standard InChI is InChI=1S/C13H7BrF6N2O/c14-7-3-4-8(9-6(7)2-1-5-21-9)22-11(23)10(12(15,16)17)13(18,19)20/h1-5,10H,(H,22,23). The molecule has 1 N–H and O–H groups in total. The van der Waals surface area contributed by atoms with E-state index in [1.807, 2.05) is 0 Å². The van der Waals surface area contributed by atoms with Gasteiger partial charge in [-0.15, -0.1) is 0 Å². The first-order valence-electron chi connectivity index (χ1n) is 5.99. The number of pyridine rings is 1. The average Bonchev–Trinajstić information content (AvgIpc) is 2.39. The predicted octanol–water partition coefficient (Wildman–Crippen LogP) is 4.68. The molecule has 124 valence electrons. The van der Waals surface area contributed by atoms with Gasteiger partial charge in [0.15, 0.2) is 0 Å². The lowest BCUT2D eigenvalue weighted by molar-refractivity contribution is -0.272. The van der Waals surface area contributed by atoms with Crippen molar-refractivity contribution in [1.82, 2.24) is 4.98 Å². The first-order valence-corrected chi connectivity index (χ1v) is 6.78. The van der Waals surface area contributed by atoms with Crippen molar-refractivity contribution in [2.24, 2.45) is 5.92 Å². The number of carbonyl (C=O) groups is 1. The molecule has 10 heteroatoms. The number of rotatable bonds is 2. The number of aromatic nitrogens is 1. The maximum Gasteiger partial charge on any atom is 0.409 e. The van der Waals surface area contributed by atoms with E-state index < -0.39 is 24.2 Å². The van der Waals surface area contributed by atoms with Crippen LogP contribution in [0.4, 0.5) is 32.0 Å². The third-order valence-corrected chi connectivity index (χ3v) is 3.58. The summed E-state index contributed by atoms with van der Waals surface area (Å²) < 4.78 is 75.8. The molecule has 0 fully saturated rings.